The molecule has 0 saturated heterocycles. The van der Waals surface area contributed by atoms with Crippen LogP contribution >= 0.6 is 0 Å². The van der Waals surface area contributed by atoms with Crippen LogP contribution < -0.4 is 0 Å². The predicted octanol–water partition coefficient (Wildman–Crippen LogP) is 2.55. The van der Waals surface area contributed by atoms with E-state index < -0.39 is 0 Å². The van der Waals surface area contributed by atoms with Crippen LogP contribution in [0.15, 0.2) is 30.3 Å². The summed E-state index contributed by atoms with van der Waals surface area (Å²) in [7, 11) is 0. The summed E-state index contributed by atoms with van der Waals surface area (Å²) in [5, 5.41) is 0. The molecular weight excluding hydrogens is 216 g/mol. The predicted molar refractivity (Wildman–Crippen MR) is 65.3 cm³/mol. The Morgan fingerprint density at radius 2 is 2.18 bits per heavy atom. The van der Waals surface area contributed by atoms with Crippen LogP contribution in [0.2, 0.25) is 0 Å². The summed E-state index contributed by atoms with van der Waals surface area (Å²) in [5.41, 5.74) is 2.36. The maximum absolute atomic E-state index is 11.2. The summed E-state index contributed by atoms with van der Waals surface area (Å²) in [5.74, 6) is 0.469. The molecule has 0 amide bonds. The average molecular weight is 232 g/mol. The Balaban J connectivity index is 2.02. The van der Waals surface area contributed by atoms with Crippen molar-refractivity contribution >= 4 is 11.7 Å². The summed E-state index contributed by atoms with van der Waals surface area (Å²) < 4.78 is 10.3. The molecule has 0 aliphatic heterocycles. The first-order chi connectivity index (χ1) is 8.31. The third-order valence-electron chi connectivity index (χ3n) is 2.68. The van der Waals surface area contributed by atoms with Gasteiger partial charge in [0.2, 0.25) is 0 Å². The van der Waals surface area contributed by atoms with Crippen LogP contribution in [0, 0.1) is 0 Å². The number of ether oxygens (including phenoxy) is 2. The fourth-order valence-electron chi connectivity index (χ4n) is 1.92. The van der Waals surface area contributed by atoms with Gasteiger partial charge in [-0.3, -0.25) is 0 Å². The minimum atomic E-state index is -0.323. The number of hydrogen-bond acceptors (Lipinski definition) is 3. The van der Waals surface area contributed by atoms with Gasteiger partial charge in [0, 0.05) is 5.56 Å². The van der Waals surface area contributed by atoms with Gasteiger partial charge in [0.05, 0.1) is 6.61 Å². The van der Waals surface area contributed by atoms with Crippen molar-refractivity contribution in [3.8, 4) is 0 Å². The zero-order chi connectivity index (χ0) is 12.1. The van der Waals surface area contributed by atoms with Crippen molar-refractivity contribution in [1.82, 2.24) is 0 Å². The van der Waals surface area contributed by atoms with Gasteiger partial charge >= 0.3 is 5.97 Å². The standard InChI is InChI=1S/C14H16O3/c1-2-16-14(15)10-17-13-9-5-7-11-6-3-4-8-12(11)13/h3-4,6,8-9H,2,5,7,10H2,1H3. The van der Waals surface area contributed by atoms with Crippen LogP contribution in [-0.2, 0) is 20.7 Å². The van der Waals surface area contributed by atoms with E-state index in [-0.39, 0.29) is 12.6 Å². The number of hydrogen-bond donors (Lipinski definition) is 0. The molecule has 3 heteroatoms. The maximum atomic E-state index is 11.2. The summed E-state index contributed by atoms with van der Waals surface area (Å²) in [6, 6.07) is 8.11. The quantitative estimate of drug-likeness (QED) is 0.748. The second-order valence-electron chi connectivity index (χ2n) is 3.86. The molecular formula is C14H16O3. The van der Waals surface area contributed by atoms with Crippen LogP contribution in [-0.4, -0.2) is 19.2 Å². The Bertz CT molecular complexity index is 435. The highest BCUT2D eigenvalue weighted by Crippen LogP contribution is 2.26. The SMILES string of the molecule is CCOC(=O)COC1=CCCc2ccccc21. The number of aryl methyl sites for hydroxylation is 1. The van der Waals surface area contributed by atoms with Crippen LogP contribution in [0.25, 0.3) is 5.76 Å². The topological polar surface area (TPSA) is 35.5 Å². The van der Waals surface area contributed by atoms with Crippen molar-refractivity contribution in [2.24, 2.45) is 0 Å². The molecule has 0 unspecified atom stereocenters. The van der Waals surface area contributed by atoms with E-state index in [9.17, 15) is 4.79 Å². The van der Waals surface area contributed by atoms with E-state index in [2.05, 4.69) is 6.07 Å². The Morgan fingerprint density at radius 1 is 1.35 bits per heavy atom. The monoisotopic (exact) mass is 232 g/mol. The van der Waals surface area contributed by atoms with Gasteiger partial charge in [-0.2, -0.15) is 0 Å². The largest absolute Gasteiger partial charge is 0.482 e. The molecule has 1 aromatic carbocycles. The molecule has 2 rings (SSSR count). The van der Waals surface area contributed by atoms with Crippen LogP contribution in [0.1, 0.15) is 24.5 Å². The van der Waals surface area contributed by atoms with Gasteiger partial charge in [-0.1, -0.05) is 24.3 Å². The lowest BCUT2D eigenvalue weighted by molar-refractivity contribution is -0.146. The zero-order valence-electron chi connectivity index (χ0n) is 9.94. The van der Waals surface area contributed by atoms with Crippen LogP contribution in [0.3, 0.4) is 0 Å². The van der Waals surface area contributed by atoms with Crippen molar-refractivity contribution in [1.29, 1.82) is 0 Å². The minimum absolute atomic E-state index is 0.0198. The Morgan fingerprint density at radius 3 is 3.00 bits per heavy atom. The van der Waals surface area contributed by atoms with E-state index in [0.29, 0.717) is 6.61 Å². The first-order valence-electron chi connectivity index (χ1n) is 5.88. The smallest absolute Gasteiger partial charge is 0.344 e. The van der Waals surface area contributed by atoms with Crippen LogP contribution in [0.5, 0.6) is 0 Å². The molecule has 0 radical (unpaired) electrons. The van der Waals surface area contributed by atoms with Crippen molar-refractivity contribution in [2.45, 2.75) is 19.8 Å². The second kappa shape index (κ2) is 5.53. The zero-order valence-corrected chi connectivity index (χ0v) is 9.94. The van der Waals surface area contributed by atoms with Crippen molar-refractivity contribution in [3.63, 3.8) is 0 Å². The van der Waals surface area contributed by atoms with Gasteiger partial charge in [0.25, 0.3) is 0 Å². The molecule has 0 aromatic heterocycles. The molecule has 0 fully saturated rings. The van der Waals surface area contributed by atoms with E-state index in [0.717, 1.165) is 24.2 Å². The van der Waals surface area contributed by atoms with Gasteiger partial charge < -0.3 is 9.47 Å². The highest BCUT2D eigenvalue weighted by atomic mass is 16.6. The normalized spacial score (nSPS) is 13.6. The molecule has 0 bridgehead atoms. The Kier molecular flexibility index (Phi) is 3.81. The highest BCUT2D eigenvalue weighted by Gasteiger charge is 2.14. The number of carbonyl (C=O) groups excluding carboxylic acids is 1. The lowest BCUT2D eigenvalue weighted by atomic mass is 9.96. The lowest BCUT2D eigenvalue weighted by Gasteiger charge is -2.17. The lowest BCUT2D eigenvalue weighted by Crippen LogP contribution is -2.13. The van der Waals surface area contributed by atoms with E-state index in [1.54, 1.807) is 6.92 Å². The number of allylic oxidation sites excluding steroid dienone is 1. The van der Waals surface area contributed by atoms with Gasteiger partial charge in [0.1, 0.15) is 5.76 Å². The second-order valence-corrected chi connectivity index (χ2v) is 3.86. The van der Waals surface area contributed by atoms with E-state index >= 15 is 0 Å². The van der Waals surface area contributed by atoms with E-state index in [1.165, 1.54) is 5.56 Å². The number of esters is 1. The first kappa shape index (κ1) is 11.7. The Hall–Kier alpha value is -1.77. The average Bonchev–Trinajstić information content (AvgIpc) is 2.36. The summed E-state index contributed by atoms with van der Waals surface area (Å²) in [6.45, 7) is 2.15. The fraction of sp³-hybridized carbons (Fsp3) is 0.357. The fourth-order valence-corrected chi connectivity index (χ4v) is 1.92. The molecule has 17 heavy (non-hydrogen) atoms. The summed E-state index contributed by atoms with van der Waals surface area (Å²) in [4.78, 5) is 11.2. The molecule has 0 N–H and O–H groups in total. The molecule has 90 valence electrons. The number of carbonyl (C=O) groups is 1. The number of fused-ring (bicyclic) bond motifs is 1. The molecule has 0 atom stereocenters. The molecule has 3 nitrogen and oxygen atoms in total. The molecule has 1 aliphatic rings. The number of benzene rings is 1. The first-order valence-corrected chi connectivity index (χ1v) is 5.88. The van der Waals surface area contributed by atoms with Gasteiger partial charge in [-0.05, 0) is 31.4 Å². The van der Waals surface area contributed by atoms with Crippen molar-refractivity contribution in [2.75, 3.05) is 13.2 Å². The molecule has 0 spiro atoms. The molecule has 1 aliphatic carbocycles. The molecule has 0 heterocycles. The molecule has 0 saturated carbocycles. The number of rotatable bonds is 4. The minimum Gasteiger partial charge on any atom is -0.482 e. The highest BCUT2D eigenvalue weighted by molar-refractivity contribution is 5.73. The summed E-state index contributed by atoms with van der Waals surface area (Å²) >= 11 is 0. The summed E-state index contributed by atoms with van der Waals surface area (Å²) in [6.07, 6.45) is 4.01. The third kappa shape index (κ3) is 2.87. The van der Waals surface area contributed by atoms with Gasteiger partial charge in [-0.25, -0.2) is 4.79 Å². The van der Waals surface area contributed by atoms with Crippen LogP contribution in [0.4, 0.5) is 0 Å². The third-order valence-corrected chi connectivity index (χ3v) is 2.68. The van der Waals surface area contributed by atoms with Crippen molar-refractivity contribution in [3.05, 3.63) is 41.5 Å². The van der Waals surface area contributed by atoms with E-state index in [4.69, 9.17) is 9.47 Å². The Labute approximate surface area is 101 Å². The van der Waals surface area contributed by atoms with E-state index in [1.807, 2.05) is 24.3 Å². The van der Waals surface area contributed by atoms with Crippen molar-refractivity contribution < 1.29 is 14.3 Å². The van der Waals surface area contributed by atoms with Gasteiger partial charge in [0.15, 0.2) is 6.61 Å². The van der Waals surface area contributed by atoms with Gasteiger partial charge in [-0.15, -0.1) is 0 Å². The molecule has 1 aromatic rings. The maximum Gasteiger partial charge on any atom is 0.344 e.